The summed E-state index contributed by atoms with van der Waals surface area (Å²) in [6.45, 7) is 8.33. The number of aryl methyl sites for hydroxylation is 2. The fraction of sp³-hybridized carbons (Fsp3) is 0.389. The lowest BCUT2D eigenvalue weighted by atomic mass is 10.1. The van der Waals surface area contributed by atoms with Crippen molar-refractivity contribution in [2.45, 2.75) is 20.5 Å². The fourth-order valence-electron chi connectivity index (χ4n) is 3.33. The van der Waals surface area contributed by atoms with Crippen molar-refractivity contribution < 1.29 is 0 Å². The summed E-state index contributed by atoms with van der Waals surface area (Å²) in [6, 6.07) is 8.11. The third kappa shape index (κ3) is 3.88. The highest BCUT2D eigenvalue weighted by atomic mass is 32.1. The Bertz CT molecular complexity index is 952. The van der Waals surface area contributed by atoms with Crippen LogP contribution in [0.25, 0.3) is 5.69 Å². The predicted molar refractivity (Wildman–Crippen MR) is 105 cm³/mol. The zero-order chi connectivity index (χ0) is 18.8. The van der Waals surface area contributed by atoms with Crippen LogP contribution in [0, 0.1) is 18.6 Å². The van der Waals surface area contributed by atoms with E-state index in [1.165, 1.54) is 11.1 Å². The molecule has 1 saturated heterocycles. The molecule has 3 aromatic rings. The summed E-state index contributed by atoms with van der Waals surface area (Å²) in [4.78, 5) is 13.2. The van der Waals surface area contributed by atoms with Crippen LogP contribution in [-0.2, 0) is 6.67 Å². The molecule has 8 nitrogen and oxygen atoms in total. The molecule has 1 fully saturated rings. The molecule has 3 heterocycles. The second-order valence-corrected chi connectivity index (χ2v) is 7.18. The first-order valence-electron chi connectivity index (χ1n) is 8.96. The van der Waals surface area contributed by atoms with Gasteiger partial charge in [0.15, 0.2) is 0 Å². The Morgan fingerprint density at radius 3 is 2.26 bits per heavy atom. The minimum absolute atomic E-state index is 0.605. The quantitative estimate of drug-likeness (QED) is 0.639. The Kier molecular flexibility index (Phi) is 4.95. The molecule has 0 amide bonds. The molecule has 4 rings (SSSR count). The second kappa shape index (κ2) is 7.53. The van der Waals surface area contributed by atoms with Crippen molar-refractivity contribution in [3.63, 3.8) is 0 Å². The SMILES string of the molecule is Cc1cc(C)cc(-n2nnn(CN3CCN(c4ncccn4)CC3)c2=S)c1. The van der Waals surface area contributed by atoms with Gasteiger partial charge in [-0.3, -0.25) is 4.90 Å². The Labute approximate surface area is 163 Å². The van der Waals surface area contributed by atoms with Crippen molar-refractivity contribution in [1.29, 1.82) is 0 Å². The topological polar surface area (TPSA) is 67.9 Å². The number of hydrogen-bond acceptors (Lipinski definition) is 7. The van der Waals surface area contributed by atoms with Crippen molar-refractivity contribution in [1.82, 2.24) is 34.7 Å². The minimum atomic E-state index is 0.605. The zero-order valence-electron chi connectivity index (χ0n) is 15.5. The van der Waals surface area contributed by atoms with E-state index in [0.717, 1.165) is 37.8 Å². The number of anilines is 1. The van der Waals surface area contributed by atoms with Crippen LogP contribution in [0.5, 0.6) is 0 Å². The van der Waals surface area contributed by atoms with Gasteiger partial charge in [0.05, 0.1) is 12.4 Å². The van der Waals surface area contributed by atoms with Crippen molar-refractivity contribution in [2.24, 2.45) is 0 Å². The average molecular weight is 382 g/mol. The third-order valence-electron chi connectivity index (χ3n) is 4.63. The van der Waals surface area contributed by atoms with Crippen molar-refractivity contribution in [2.75, 3.05) is 31.1 Å². The average Bonchev–Trinajstić information content (AvgIpc) is 3.03. The van der Waals surface area contributed by atoms with E-state index in [1.54, 1.807) is 21.8 Å². The number of nitrogens with zero attached hydrogens (tertiary/aromatic N) is 8. The molecule has 0 radical (unpaired) electrons. The summed E-state index contributed by atoms with van der Waals surface area (Å²) < 4.78 is 4.11. The van der Waals surface area contributed by atoms with Gasteiger partial charge in [-0.1, -0.05) is 6.07 Å². The van der Waals surface area contributed by atoms with E-state index in [4.69, 9.17) is 12.2 Å². The maximum Gasteiger partial charge on any atom is 0.225 e. The smallest absolute Gasteiger partial charge is 0.225 e. The van der Waals surface area contributed by atoms with Gasteiger partial charge in [-0.25, -0.2) is 14.6 Å². The minimum Gasteiger partial charge on any atom is -0.338 e. The van der Waals surface area contributed by atoms with Gasteiger partial charge in [-0.05, 0) is 65.8 Å². The summed E-state index contributed by atoms with van der Waals surface area (Å²) in [6.07, 6.45) is 3.55. The van der Waals surface area contributed by atoms with Gasteiger partial charge in [-0.2, -0.15) is 4.68 Å². The lowest BCUT2D eigenvalue weighted by Gasteiger charge is -2.34. The van der Waals surface area contributed by atoms with E-state index in [0.29, 0.717) is 11.4 Å². The molecule has 0 spiro atoms. The van der Waals surface area contributed by atoms with Crippen LogP contribution in [0.15, 0.2) is 36.7 Å². The lowest BCUT2D eigenvalue weighted by molar-refractivity contribution is 0.192. The van der Waals surface area contributed by atoms with Gasteiger partial charge in [-0.15, -0.1) is 0 Å². The van der Waals surface area contributed by atoms with Gasteiger partial charge < -0.3 is 4.90 Å². The first kappa shape index (κ1) is 17.7. The second-order valence-electron chi connectivity index (χ2n) is 6.81. The molecule has 0 aliphatic carbocycles. The summed E-state index contributed by atoms with van der Waals surface area (Å²) >= 11 is 5.61. The Hall–Kier alpha value is -2.65. The Morgan fingerprint density at radius 1 is 0.926 bits per heavy atom. The monoisotopic (exact) mass is 382 g/mol. The Balaban J connectivity index is 1.44. The molecule has 27 heavy (non-hydrogen) atoms. The molecular weight excluding hydrogens is 360 g/mol. The molecule has 0 atom stereocenters. The van der Waals surface area contributed by atoms with Crippen LogP contribution < -0.4 is 4.90 Å². The van der Waals surface area contributed by atoms with E-state index in [1.807, 2.05) is 6.07 Å². The van der Waals surface area contributed by atoms with Gasteiger partial charge in [0.25, 0.3) is 0 Å². The van der Waals surface area contributed by atoms with Crippen LogP contribution in [0.4, 0.5) is 5.95 Å². The van der Waals surface area contributed by atoms with Crippen LogP contribution >= 0.6 is 12.2 Å². The maximum absolute atomic E-state index is 5.61. The molecule has 2 aromatic heterocycles. The molecular formula is C18H22N8S. The highest BCUT2D eigenvalue weighted by Gasteiger charge is 2.20. The summed E-state index contributed by atoms with van der Waals surface area (Å²) in [5.41, 5.74) is 3.32. The van der Waals surface area contributed by atoms with E-state index < -0.39 is 0 Å². The molecule has 1 aromatic carbocycles. The van der Waals surface area contributed by atoms with Crippen LogP contribution in [0.3, 0.4) is 0 Å². The van der Waals surface area contributed by atoms with Gasteiger partial charge in [0.2, 0.25) is 10.7 Å². The normalized spacial score (nSPS) is 15.3. The molecule has 0 bridgehead atoms. The Morgan fingerprint density at radius 2 is 1.59 bits per heavy atom. The van der Waals surface area contributed by atoms with Gasteiger partial charge >= 0.3 is 0 Å². The molecule has 1 aliphatic rings. The third-order valence-corrected chi connectivity index (χ3v) is 5.02. The molecule has 0 unspecified atom stereocenters. The van der Waals surface area contributed by atoms with E-state index in [9.17, 15) is 0 Å². The summed E-state index contributed by atoms with van der Waals surface area (Å²) in [5.74, 6) is 0.787. The lowest BCUT2D eigenvalue weighted by Crippen LogP contribution is -2.47. The molecule has 0 N–H and O–H groups in total. The molecule has 9 heteroatoms. The van der Waals surface area contributed by atoms with E-state index in [-0.39, 0.29) is 0 Å². The maximum atomic E-state index is 5.61. The van der Waals surface area contributed by atoms with E-state index in [2.05, 4.69) is 62.2 Å². The van der Waals surface area contributed by atoms with Crippen molar-refractivity contribution in [3.8, 4) is 5.69 Å². The summed E-state index contributed by atoms with van der Waals surface area (Å²) in [7, 11) is 0. The van der Waals surface area contributed by atoms with E-state index >= 15 is 0 Å². The number of benzene rings is 1. The number of rotatable bonds is 4. The first-order valence-corrected chi connectivity index (χ1v) is 9.37. The first-order chi connectivity index (χ1) is 13.1. The van der Waals surface area contributed by atoms with Crippen molar-refractivity contribution >= 4 is 18.2 Å². The number of piperazine rings is 1. The largest absolute Gasteiger partial charge is 0.338 e. The standard InChI is InChI=1S/C18H22N8S/c1-14-10-15(2)12-16(11-14)26-18(27)25(21-22-26)13-23-6-8-24(9-7-23)17-19-4-3-5-20-17/h3-5,10-12H,6-9,13H2,1-2H3. The number of tetrazole rings is 1. The molecule has 1 aliphatic heterocycles. The molecule has 0 saturated carbocycles. The highest BCUT2D eigenvalue weighted by molar-refractivity contribution is 7.71. The van der Waals surface area contributed by atoms with Gasteiger partial charge in [0.1, 0.15) is 0 Å². The van der Waals surface area contributed by atoms with Crippen molar-refractivity contribution in [3.05, 3.63) is 52.6 Å². The highest BCUT2D eigenvalue weighted by Crippen LogP contribution is 2.14. The number of aromatic nitrogens is 6. The fourth-order valence-corrected chi connectivity index (χ4v) is 3.57. The summed E-state index contributed by atoms with van der Waals surface area (Å²) in [5, 5.41) is 8.53. The predicted octanol–water partition coefficient (Wildman–Crippen LogP) is 1.98. The molecule has 140 valence electrons. The zero-order valence-corrected chi connectivity index (χ0v) is 16.3. The van der Waals surface area contributed by atoms with Gasteiger partial charge in [0, 0.05) is 38.6 Å². The van der Waals surface area contributed by atoms with Crippen LogP contribution in [0.1, 0.15) is 11.1 Å². The van der Waals surface area contributed by atoms with Crippen LogP contribution in [0.2, 0.25) is 0 Å². The van der Waals surface area contributed by atoms with Crippen LogP contribution in [-0.4, -0.2) is 60.8 Å². The number of hydrogen-bond donors (Lipinski definition) is 0.